The zero-order valence-corrected chi connectivity index (χ0v) is 14.1. The molecule has 2 fully saturated rings. The highest BCUT2D eigenvalue weighted by Gasteiger charge is 2.34. The summed E-state index contributed by atoms with van der Waals surface area (Å²) in [5, 5.41) is 3.39. The van der Waals surface area contributed by atoms with Gasteiger partial charge < -0.3 is 15.0 Å². The van der Waals surface area contributed by atoms with Crippen molar-refractivity contribution in [1.29, 1.82) is 0 Å². The zero-order chi connectivity index (χ0) is 13.1. The van der Waals surface area contributed by atoms with Gasteiger partial charge >= 0.3 is 0 Å². The third-order valence-electron chi connectivity index (χ3n) is 4.19. The Labute approximate surface area is 134 Å². The zero-order valence-electron chi connectivity index (χ0n) is 12.5. The molecule has 0 radical (unpaired) electrons. The van der Waals surface area contributed by atoms with Crippen LogP contribution in [0.15, 0.2) is 0 Å². The standard InChI is InChI=1S/C13H25N3O2.2ClH/c1-4-15-7-8-18-12(9-15)13(17)16-6-5-14-10(2)11(16)3;;/h10-12,14H,4-9H2,1-3H3;2*1H. The minimum Gasteiger partial charge on any atom is -0.366 e. The van der Waals surface area contributed by atoms with Crippen molar-refractivity contribution in [2.24, 2.45) is 0 Å². The normalized spacial score (nSPS) is 31.1. The second kappa shape index (κ2) is 9.05. The first-order valence-electron chi connectivity index (χ1n) is 7.01. The van der Waals surface area contributed by atoms with Crippen LogP contribution in [0.5, 0.6) is 0 Å². The van der Waals surface area contributed by atoms with Gasteiger partial charge in [0.2, 0.25) is 0 Å². The molecule has 2 saturated heterocycles. The maximum Gasteiger partial charge on any atom is 0.253 e. The monoisotopic (exact) mass is 327 g/mol. The van der Waals surface area contributed by atoms with Gasteiger partial charge in [-0.15, -0.1) is 24.8 Å². The Balaban J connectivity index is 0.00000180. The largest absolute Gasteiger partial charge is 0.366 e. The van der Waals surface area contributed by atoms with E-state index in [0.29, 0.717) is 12.6 Å². The molecule has 7 heteroatoms. The number of morpholine rings is 1. The molecule has 0 aromatic heterocycles. The van der Waals surface area contributed by atoms with E-state index in [4.69, 9.17) is 4.74 Å². The van der Waals surface area contributed by atoms with E-state index in [1.807, 2.05) is 4.90 Å². The van der Waals surface area contributed by atoms with Gasteiger partial charge in [-0.05, 0) is 20.4 Å². The van der Waals surface area contributed by atoms with Gasteiger partial charge in [0, 0.05) is 38.3 Å². The summed E-state index contributed by atoms with van der Waals surface area (Å²) in [5.41, 5.74) is 0. The molecular weight excluding hydrogens is 301 g/mol. The van der Waals surface area contributed by atoms with Gasteiger partial charge in [-0.25, -0.2) is 0 Å². The first kappa shape index (κ1) is 19.9. The first-order chi connectivity index (χ1) is 8.63. The average Bonchev–Trinajstić information content (AvgIpc) is 2.41. The van der Waals surface area contributed by atoms with Crippen molar-refractivity contribution in [3.05, 3.63) is 0 Å². The van der Waals surface area contributed by atoms with E-state index >= 15 is 0 Å². The minimum atomic E-state index is -0.272. The Kier molecular flexibility index (Phi) is 9.02. The molecule has 0 aromatic carbocycles. The second-order valence-electron chi connectivity index (χ2n) is 5.27. The Morgan fingerprint density at radius 1 is 1.30 bits per heavy atom. The lowest BCUT2D eigenvalue weighted by Crippen LogP contribution is -2.61. The molecule has 2 rings (SSSR count). The molecule has 120 valence electrons. The van der Waals surface area contributed by atoms with E-state index < -0.39 is 0 Å². The first-order valence-corrected chi connectivity index (χ1v) is 7.01. The maximum atomic E-state index is 12.5. The average molecular weight is 328 g/mol. The molecule has 0 bridgehead atoms. The van der Waals surface area contributed by atoms with Crippen molar-refractivity contribution >= 4 is 30.7 Å². The summed E-state index contributed by atoms with van der Waals surface area (Å²) in [4.78, 5) is 16.8. The number of nitrogens with one attached hydrogen (secondary N) is 1. The molecule has 0 aliphatic carbocycles. The van der Waals surface area contributed by atoms with Crippen molar-refractivity contribution in [3.8, 4) is 0 Å². The lowest BCUT2D eigenvalue weighted by atomic mass is 10.1. The van der Waals surface area contributed by atoms with Gasteiger partial charge in [-0.3, -0.25) is 9.69 Å². The van der Waals surface area contributed by atoms with Crippen LogP contribution < -0.4 is 5.32 Å². The predicted molar refractivity (Wildman–Crippen MR) is 85.0 cm³/mol. The number of hydrogen-bond acceptors (Lipinski definition) is 4. The van der Waals surface area contributed by atoms with Gasteiger partial charge in [0.15, 0.2) is 0 Å². The highest BCUT2D eigenvalue weighted by Crippen LogP contribution is 2.14. The molecule has 2 heterocycles. The van der Waals surface area contributed by atoms with Crippen LogP contribution in [-0.4, -0.2) is 73.2 Å². The van der Waals surface area contributed by atoms with E-state index in [2.05, 4.69) is 31.0 Å². The maximum absolute atomic E-state index is 12.5. The topological polar surface area (TPSA) is 44.8 Å². The molecular formula is C13H27Cl2N3O2. The van der Waals surface area contributed by atoms with Crippen molar-refractivity contribution in [1.82, 2.24) is 15.1 Å². The SMILES string of the molecule is CCN1CCOC(C(=O)N2CCNC(C)C2C)C1.Cl.Cl. The number of hydrogen-bond donors (Lipinski definition) is 1. The van der Waals surface area contributed by atoms with Gasteiger partial charge in [-0.1, -0.05) is 6.92 Å². The third-order valence-corrected chi connectivity index (χ3v) is 4.19. The second-order valence-corrected chi connectivity index (χ2v) is 5.27. The lowest BCUT2D eigenvalue weighted by Gasteiger charge is -2.41. The van der Waals surface area contributed by atoms with Crippen molar-refractivity contribution in [2.45, 2.75) is 39.0 Å². The quantitative estimate of drug-likeness (QED) is 0.813. The number of ether oxygens (including phenoxy) is 1. The number of rotatable bonds is 2. The molecule has 2 aliphatic heterocycles. The smallest absolute Gasteiger partial charge is 0.253 e. The molecule has 5 nitrogen and oxygen atoms in total. The molecule has 0 aromatic rings. The Morgan fingerprint density at radius 3 is 2.65 bits per heavy atom. The minimum absolute atomic E-state index is 0. The fraction of sp³-hybridized carbons (Fsp3) is 0.923. The van der Waals surface area contributed by atoms with Crippen LogP contribution in [-0.2, 0) is 9.53 Å². The van der Waals surface area contributed by atoms with Gasteiger partial charge in [0.25, 0.3) is 5.91 Å². The molecule has 0 spiro atoms. The highest BCUT2D eigenvalue weighted by atomic mass is 35.5. The molecule has 1 N–H and O–H groups in total. The number of nitrogens with zero attached hydrogens (tertiary/aromatic N) is 2. The summed E-state index contributed by atoms with van der Waals surface area (Å²) in [6.07, 6.45) is -0.272. The molecule has 3 atom stereocenters. The van der Waals surface area contributed by atoms with E-state index in [-0.39, 0.29) is 42.9 Å². The van der Waals surface area contributed by atoms with E-state index in [1.165, 1.54) is 0 Å². The van der Waals surface area contributed by atoms with Crippen LogP contribution in [0, 0.1) is 0 Å². The van der Waals surface area contributed by atoms with Gasteiger partial charge in [-0.2, -0.15) is 0 Å². The van der Waals surface area contributed by atoms with E-state index in [9.17, 15) is 4.79 Å². The fourth-order valence-corrected chi connectivity index (χ4v) is 2.69. The van der Waals surface area contributed by atoms with Crippen LogP contribution in [0.4, 0.5) is 0 Å². The Morgan fingerprint density at radius 2 is 2.00 bits per heavy atom. The fourth-order valence-electron chi connectivity index (χ4n) is 2.69. The highest BCUT2D eigenvalue weighted by molar-refractivity contribution is 5.85. The van der Waals surface area contributed by atoms with Crippen LogP contribution >= 0.6 is 24.8 Å². The summed E-state index contributed by atoms with van der Waals surface area (Å²) in [6.45, 7) is 11.4. The predicted octanol–water partition coefficient (Wildman–Crippen LogP) is 0.760. The number of likely N-dealkylation sites (N-methyl/N-ethyl adjacent to an activating group) is 1. The summed E-state index contributed by atoms with van der Waals surface area (Å²) < 4.78 is 5.66. The van der Waals surface area contributed by atoms with E-state index in [1.54, 1.807) is 0 Å². The van der Waals surface area contributed by atoms with Crippen molar-refractivity contribution < 1.29 is 9.53 Å². The van der Waals surface area contributed by atoms with Crippen LogP contribution in [0.3, 0.4) is 0 Å². The van der Waals surface area contributed by atoms with Gasteiger partial charge in [0.1, 0.15) is 6.10 Å². The molecule has 2 aliphatic rings. The summed E-state index contributed by atoms with van der Waals surface area (Å²) in [6, 6.07) is 0.598. The Bertz CT molecular complexity index is 307. The number of amides is 1. The number of piperazine rings is 1. The van der Waals surface area contributed by atoms with E-state index in [0.717, 1.165) is 32.7 Å². The Hall–Kier alpha value is -0.0700. The van der Waals surface area contributed by atoms with Crippen LogP contribution in [0.25, 0.3) is 0 Å². The van der Waals surface area contributed by atoms with Crippen LogP contribution in [0.2, 0.25) is 0 Å². The molecule has 20 heavy (non-hydrogen) atoms. The molecule has 1 amide bonds. The summed E-state index contributed by atoms with van der Waals surface area (Å²) in [5.74, 6) is 0.161. The molecule has 3 unspecified atom stereocenters. The number of halogens is 2. The van der Waals surface area contributed by atoms with Crippen LogP contribution in [0.1, 0.15) is 20.8 Å². The number of carbonyl (C=O) groups excluding carboxylic acids is 1. The number of carbonyl (C=O) groups is 1. The summed E-state index contributed by atoms with van der Waals surface area (Å²) >= 11 is 0. The third kappa shape index (κ3) is 4.46. The van der Waals surface area contributed by atoms with Crippen molar-refractivity contribution in [2.75, 3.05) is 39.3 Å². The molecule has 0 saturated carbocycles. The summed E-state index contributed by atoms with van der Waals surface area (Å²) in [7, 11) is 0. The van der Waals surface area contributed by atoms with Gasteiger partial charge in [0.05, 0.1) is 6.61 Å². The lowest BCUT2D eigenvalue weighted by molar-refractivity contribution is -0.153. The van der Waals surface area contributed by atoms with Crippen molar-refractivity contribution in [3.63, 3.8) is 0 Å².